The van der Waals surface area contributed by atoms with E-state index in [9.17, 15) is 15.3 Å². The maximum absolute atomic E-state index is 10.8. The topological polar surface area (TPSA) is 84.8 Å². The molecule has 0 aliphatic carbocycles. The highest BCUT2D eigenvalue weighted by molar-refractivity contribution is 4.99. The number of hydrogen-bond donors (Lipinski definition) is 5. The van der Waals surface area contributed by atoms with Gasteiger partial charge in [0.2, 0.25) is 0 Å². The van der Waals surface area contributed by atoms with E-state index in [1.165, 1.54) is 103 Å². The van der Waals surface area contributed by atoms with E-state index in [2.05, 4.69) is 37.8 Å². The van der Waals surface area contributed by atoms with E-state index in [1.807, 2.05) is 6.92 Å². The summed E-state index contributed by atoms with van der Waals surface area (Å²) >= 11 is 0. The summed E-state index contributed by atoms with van der Waals surface area (Å²) in [5.41, 5.74) is -0.420. The summed E-state index contributed by atoms with van der Waals surface area (Å²) in [6, 6.07) is -0.411. The summed E-state index contributed by atoms with van der Waals surface area (Å²) in [6.07, 6.45) is 26.4. The first-order valence-corrected chi connectivity index (χ1v) is 16.2. The third kappa shape index (κ3) is 19.5. The number of rotatable bonds is 29. The SMILES string of the molecule is C[CH]CCCCCCCCCCNC(CO)(CCCCCC)C(CCCCCCCC)NC(C)C(O)O. The van der Waals surface area contributed by atoms with Gasteiger partial charge in [-0.05, 0) is 39.2 Å². The van der Waals surface area contributed by atoms with Crippen LogP contribution >= 0.6 is 0 Å². The zero-order chi connectivity index (χ0) is 27.6. The van der Waals surface area contributed by atoms with E-state index in [-0.39, 0.29) is 12.6 Å². The van der Waals surface area contributed by atoms with Crippen LogP contribution in [0.3, 0.4) is 0 Å². The van der Waals surface area contributed by atoms with E-state index in [1.54, 1.807) is 0 Å². The van der Waals surface area contributed by atoms with Crippen LogP contribution in [0.5, 0.6) is 0 Å². The molecule has 5 N–H and O–H groups in total. The second-order valence-electron chi connectivity index (χ2n) is 11.6. The summed E-state index contributed by atoms with van der Waals surface area (Å²) in [7, 11) is 0. The number of aliphatic hydroxyl groups excluding tert-OH is 2. The molecule has 0 aliphatic heterocycles. The fraction of sp³-hybridized carbons (Fsp3) is 0.969. The van der Waals surface area contributed by atoms with Gasteiger partial charge in [0.1, 0.15) is 0 Å². The van der Waals surface area contributed by atoms with Crippen molar-refractivity contribution in [3.8, 4) is 0 Å². The number of hydrogen-bond acceptors (Lipinski definition) is 5. The molecule has 0 aromatic carbocycles. The average Bonchev–Trinajstić information content (AvgIpc) is 2.89. The van der Waals surface area contributed by atoms with Gasteiger partial charge in [-0.3, -0.25) is 0 Å². The molecular weight excluding hydrogens is 460 g/mol. The molecule has 37 heavy (non-hydrogen) atoms. The van der Waals surface area contributed by atoms with Gasteiger partial charge in [0.15, 0.2) is 6.29 Å². The Balaban J connectivity index is 4.94. The molecule has 5 heteroatoms. The molecule has 0 aromatic heterocycles. The third-order valence-electron chi connectivity index (χ3n) is 8.08. The molecule has 0 rings (SSSR count). The zero-order valence-corrected chi connectivity index (χ0v) is 25.4. The van der Waals surface area contributed by atoms with Crippen LogP contribution in [0.2, 0.25) is 0 Å². The third-order valence-corrected chi connectivity index (χ3v) is 8.08. The van der Waals surface area contributed by atoms with Gasteiger partial charge in [0, 0.05) is 6.04 Å². The van der Waals surface area contributed by atoms with Crippen molar-refractivity contribution in [1.82, 2.24) is 10.6 Å². The van der Waals surface area contributed by atoms with Gasteiger partial charge in [0.25, 0.3) is 0 Å². The monoisotopic (exact) mass is 528 g/mol. The fourth-order valence-electron chi connectivity index (χ4n) is 5.42. The molecule has 0 heterocycles. The largest absolute Gasteiger partial charge is 0.394 e. The number of unbranched alkanes of at least 4 members (excludes halogenated alkanes) is 17. The van der Waals surface area contributed by atoms with Gasteiger partial charge in [-0.1, -0.05) is 136 Å². The molecule has 0 spiro atoms. The lowest BCUT2D eigenvalue weighted by molar-refractivity contribution is -0.0690. The second kappa shape index (κ2) is 26.0. The molecule has 0 aromatic rings. The molecule has 0 fully saturated rings. The quantitative estimate of drug-likeness (QED) is 0.0516. The molecule has 0 saturated carbocycles. The van der Waals surface area contributed by atoms with Crippen LogP contribution in [0.1, 0.15) is 163 Å². The molecule has 1 radical (unpaired) electrons. The molecule has 223 valence electrons. The molecule has 5 nitrogen and oxygen atoms in total. The predicted octanol–water partition coefficient (Wildman–Crippen LogP) is 7.42. The van der Waals surface area contributed by atoms with E-state index in [0.29, 0.717) is 0 Å². The predicted molar refractivity (Wildman–Crippen MR) is 161 cm³/mol. The van der Waals surface area contributed by atoms with Gasteiger partial charge in [-0.25, -0.2) is 0 Å². The molecule has 0 amide bonds. The van der Waals surface area contributed by atoms with Gasteiger partial charge in [-0.15, -0.1) is 0 Å². The Morgan fingerprint density at radius 2 is 1.22 bits per heavy atom. The highest BCUT2D eigenvalue weighted by atomic mass is 16.5. The van der Waals surface area contributed by atoms with Crippen molar-refractivity contribution in [3.05, 3.63) is 6.42 Å². The molecule has 0 bridgehead atoms. The molecule has 0 saturated heterocycles. The van der Waals surface area contributed by atoms with Crippen LogP contribution in [0.4, 0.5) is 0 Å². The lowest BCUT2D eigenvalue weighted by Gasteiger charge is -2.43. The smallest absolute Gasteiger partial charge is 0.166 e. The van der Waals surface area contributed by atoms with E-state index >= 15 is 0 Å². The Hall–Kier alpha value is -0.200. The van der Waals surface area contributed by atoms with Crippen molar-refractivity contribution < 1.29 is 15.3 Å². The highest BCUT2D eigenvalue weighted by Gasteiger charge is 2.38. The lowest BCUT2D eigenvalue weighted by Crippen LogP contribution is -2.64. The van der Waals surface area contributed by atoms with Crippen molar-refractivity contribution in [1.29, 1.82) is 0 Å². The van der Waals surface area contributed by atoms with Crippen molar-refractivity contribution in [2.24, 2.45) is 0 Å². The van der Waals surface area contributed by atoms with Gasteiger partial charge in [0.05, 0.1) is 18.2 Å². The van der Waals surface area contributed by atoms with Gasteiger partial charge < -0.3 is 26.0 Å². The highest BCUT2D eigenvalue weighted by Crippen LogP contribution is 2.25. The van der Waals surface area contributed by atoms with E-state index < -0.39 is 17.9 Å². The Kier molecular flexibility index (Phi) is 25.9. The van der Waals surface area contributed by atoms with E-state index in [4.69, 9.17) is 0 Å². The van der Waals surface area contributed by atoms with Crippen molar-refractivity contribution in [3.63, 3.8) is 0 Å². The van der Waals surface area contributed by atoms with Crippen molar-refractivity contribution in [2.45, 2.75) is 186 Å². The second-order valence-corrected chi connectivity index (χ2v) is 11.6. The number of nitrogens with one attached hydrogen (secondary N) is 2. The van der Waals surface area contributed by atoms with Crippen LogP contribution in [0, 0.1) is 6.42 Å². The fourth-order valence-corrected chi connectivity index (χ4v) is 5.42. The Labute approximate surface area is 232 Å². The number of aliphatic hydroxyl groups is 3. The summed E-state index contributed by atoms with van der Waals surface area (Å²) in [6.45, 7) is 9.44. The van der Waals surface area contributed by atoms with E-state index in [0.717, 1.165) is 38.6 Å². The Bertz CT molecular complexity index is 463. The van der Waals surface area contributed by atoms with Crippen LogP contribution in [0.25, 0.3) is 0 Å². The zero-order valence-electron chi connectivity index (χ0n) is 25.4. The summed E-state index contributed by atoms with van der Waals surface area (Å²) in [4.78, 5) is 0. The Morgan fingerprint density at radius 3 is 1.76 bits per heavy atom. The standard InChI is InChI=1S/C32H67N2O3/c1-5-8-11-14-16-17-18-19-21-24-27-33-32(28-35,26-23-13-10-7-3)30(34-29(4)31(36)37)25-22-20-15-12-9-6-2/h5,29-31,33-37H,6-28H2,1-4H3. The minimum absolute atomic E-state index is 0.0162. The van der Waals surface area contributed by atoms with Crippen molar-refractivity contribution >= 4 is 0 Å². The van der Waals surface area contributed by atoms with Crippen LogP contribution in [-0.2, 0) is 0 Å². The first-order valence-electron chi connectivity index (χ1n) is 16.2. The van der Waals surface area contributed by atoms with Crippen LogP contribution < -0.4 is 10.6 Å². The maximum atomic E-state index is 10.8. The summed E-state index contributed by atoms with van der Waals surface area (Å²) in [5.74, 6) is 0. The molecule has 3 atom stereocenters. The molecule has 0 aliphatic rings. The first kappa shape index (κ1) is 36.8. The average molecular weight is 528 g/mol. The summed E-state index contributed by atoms with van der Waals surface area (Å²) in [5, 5.41) is 37.7. The van der Waals surface area contributed by atoms with Gasteiger partial charge in [-0.2, -0.15) is 0 Å². The van der Waals surface area contributed by atoms with Gasteiger partial charge >= 0.3 is 0 Å². The maximum Gasteiger partial charge on any atom is 0.166 e. The minimum Gasteiger partial charge on any atom is -0.394 e. The van der Waals surface area contributed by atoms with Crippen molar-refractivity contribution in [2.75, 3.05) is 13.2 Å². The Morgan fingerprint density at radius 1 is 0.703 bits per heavy atom. The summed E-state index contributed by atoms with van der Waals surface area (Å²) < 4.78 is 0. The minimum atomic E-state index is -1.40. The molecular formula is C32H67N2O3. The lowest BCUT2D eigenvalue weighted by atomic mass is 9.81. The molecule has 3 unspecified atom stereocenters. The first-order chi connectivity index (χ1) is 18.0. The normalized spacial score (nSPS) is 15.2. The van der Waals surface area contributed by atoms with Crippen LogP contribution in [-0.4, -0.2) is 52.4 Å². The van der Waals surface area contributed by atoms with Crippen LogP contribution in [0.15, 0.2) is 0 Å².